The van der Waals surface area contributed by atoms with Crippen molar-refractivity contribution in [2.75, 3.05) is 0 Å². The molecule has 1 N–H and O–H groups in total. The summed E-state index contributed by atoms with van der Waals surface area (Å²) in [7, 11) is 0. The molecule has 0 radical (unpaired) electrons. The molecule has 0 bridgehead atoms. The quantitative estimate of drug-likeness (QED) is 0.753. The Bertz CT molecular complexity index is 685. The van der Waals surface area contributed by atoms with Crippen molar-refractivity contribution in [2.24, 2.45) is 0 Å². The van der Waals surface area contributed by atoms with E-state index < -0.39 is 0 Å². The van der Waals surface area contributed by atoms with Crippen LogP contribution < -0.4 is 0 Å². The van der Waals surface area contributed by atoms with Gasteiger partial charge < -0.3 is 5.11 Å². The summed E-state index contributed by atoms with van der Waals surface area (Å²) in [6, 6.07) is 13.6. The van der Waals surface area contributed by atoms with E-state index >= 15 is 0 Å². The minimum absolute atomic E-state index is 0.304. The zero-order chi connectivity index (χ0) is 12.5. The Morgan fingerprint density at radius 2 is 1.89 bits per heavy atom. The molecule has 0 atom stereocenters. The number of phenolic OH excluding ortho intramolecular Hbond substituents is 1. The van der Waals surface area contributed by atoms with E-state index in [9.17, 15) is 5.11 Å². The average molecular weight is 255 g/mol. The number of rotatable bonds is 2. The van der Waals surface area contributed by atoms with Crippen LogP contribution in [0.5, 0.6) is 5.75 Å². The van der Waals surface area contributed by atoms with Crippen molar-refractivity contribution in [3.8, 4) is 5.75 Å². The largest absolute Gasteiger partial charge is 0.508 e. The van der Waals surface area contributed by atoms with Crippen molar-refractivity contribution < 1.29 is 5.11 Å². The van der Waals surface area contributed by atoms with Gasteiger partial charge in [-0.05, 0) is 42.3 Å². The number of thiazole rings is 1. The molecular formula is C15H13NOS. The minimum atomic E-state index is 0.304. The van der Waals surface area contributed by atoms with Crippen LogP contribution in [0.25, 0.3) is 10.2 Å². The van der Waals surface area contributed by atoms with E-state index in [2.05, 4.69) is 30.1 Å². The standard InChI is InChI=1S/C15H13NOS/c1-10-2-7-13-14(8-10)18-15(16-13)9-11-3-5-12(17)6-4-11/h2-8,17H,9H2,1H3. The second-order valence-electron chi connectivity index (χ2n) is 4.42. The van der Waals surface area contributed by atoms with Crippen LogP contribution in [0.2, 0.25) is 0 Å². The van der Waals surface area contributed by atoms with Crippen LogP contribution >= 0.6 is 11.3 Å². The predicted molar refractivity (Wildman–Crippen MR) is 75.3 cm³/mol. The van der Waals surface area contributed by atoms with Crippen LogP contribution in [0.1, 0.15) is 16.1 Å². The van der Waals surface area contributed by atoms with E-state index in [-0.39, 0.29) is 0 Å². The highest BCUT2D eigenvalue weighted by Gasteiger charge is 2.05. The molecule has 0 aliphatic carbocycles. The average Bonchev–Trinajstić information content (AvgIpc) is 2.73. The lowest BCUT2D eigenvalue weighted by Crippen LogP contribution is -1.85. The van der Waals surface area contributed by atoms with Gasteiger partial charge in [-0.2, -0.15) is 0 Å². The summed E-state index contributed by atoms with van der Waals surface area (Å²) in [6.07, 6.45) is 0.818. The maximum absolute atomic E-state index is 9.25. The molecular weight excluding hydrogens is 242 g/mol. The van der Waals surface area contributed by atoms with Gasteiger partial charge in [0.25, 0.3) is 0 Å². The number of fused-ring (bicyclic) bond motifs is 1. The molecule has 2 nitrogen and oxygen atoms in total. The first kappa shape index (κ1) is 11.2. The van der Waals surface area contributed by atoms with Gasteiger partial charge in [-0.15, -0.1) is 11.3 Å². The lowest BCUT2D eigenvalue weighted by molar-refractivity contribution is 0.475. The molecule has 3 heteroatoms. The first-order valence-corrected chi connectivity index (χ1v) is 6.66. The Labute approximate surface area is 110 Å². The number of aryl methyl sites for hydroxylation is 1. The van der Waals surface area contributed by atoms with Crippen LogP contribution in [-0.2, 0) is 6.42 Å². The molecule has 0 spiro atoms. The molecule has 3 rings (SSSR count). The fraction of sp³-hybridized carbons (Fsp3) is 0.133. The fourth-order valence-electron chi connectivity index (χ4n) is 1.94. The minimum Gasteiger partial charge on any atom is -0.508 e. The van der Waals surface area contributed by atoms with E-state index in [4.69, 9.17) is 0 Å². The van der Waals surface area contributed by atoms with Gasteiger partial charge >= 0.3 is 0 Å². The van der Waals surface area contributed by atoms with E-state index in [1.54, 1.807) is 23.5 Å². The summed E-state index contributed by atoms with van der Waals surface area (Å²) in [5.41, 5.74) is 3.50. The van der Waals surface area contributed by atoms with Gasteiger partial charge in [0.05, 0.1) is 15.2 Å². The molecule has 3 aromatic rings. The summed E-state index contributed by atoms with van der Waals surface area (Å²) in [4.78, 5) is 4.63. The Kier molecular flexibility index (Phi) is 2.76. The number of hydrogen-bond acceptors (Lipinski definition) is 3. The van der Waals surface area contributed by atoms with Gasteiger partial charge in [-0.3, -0.25) is 0 Å². The van der Waals surface area contributed by atoms with Crippen LogP contribution in [0.4, 0.5) is 0 Å². The predicted octanol–water partition coefficient (Wildman–Crippen LogP) is 3.90. The van der Waals surface area contributed by atoms with E-state index in [1.165, 1.54) is 15.8 Å². The monoisotopic (exact) mass is 255 g/mol. The van der Waals surface area contributed by atoms with Gasteiger partial charge in [0.2, 0.25) is 0 Å². The van der Waals surface area contributed by atoms with Crippen LogP contribution in [0.15, 0.2) is 42.5 Å². The van der Waals surface area contributed by atoms with Crippen molar-refractivity contribution in [3.63, 3.8) is 0 Å². The molecule has 0 aliphatic heterocycles. The number of hydrogen-bond donors (Lipinski definition) is 1. The lowest BCUT2D eigenvalue weighted by Gasteiger charge is -1.97. The van der Waals surface area contributed by atoms with E-state index in [0.717, 1.165) is 16.9 Å². The zero-order valence-electron chi connectivity index (χ0n) is 10.1. The Morgan fingerprint density at radius 1 is 1.11 bits per heavy atom. The molecule has 90 valence electrons. The first-order chi connectivity index (χ1) is 8.70. The summed E-state index contributed by atoms with van der Waals surface area (Å²) in [5, 5.41) is 10.4. The molecule has 1 heterocycles. The summed E-state index contributed by atoms with van der Waals surface area (Å²) >= 11 is 1.74. The number of aromatic hydroxyl groups is 1. The summed E-state index contributed by atoms with van der Waals surface area (Å²) in [6.45, 7) is 2.10. The van der Waals surface area contributed by atoms with E-state index in [0.29, 0.717) is 5.75 Å². The van der Waals surface area contributed by atoms with E-state index in [1.807, 2.05) is 12.1 Å². The molecule has 2 aromatic carbocycles. The fourth-order valence-corrected chi connectivity index (χ4v) is 3.04. The highest BCUT2D eigenvalue weighted by atomic mass is 32.1. The maximum atomic E-state index is 9.25. The molecule has 0 saturated carbocycles. The third kappa shape index (κ3) is 2.22. The van der Waals surface area contributed by atoms with Gasteiger partial charge in [0, 0.05) is 6.42 Å². The Balaban J connectivity index is 1.92. The number of nitrogens with zero attached hydrogens (tertiary/aromatic N) is 1. The zero-order valence-corrected chi connectivity index (χ0v) is 10.9. The van der Waals surface area contributed by atoms with Crippen molar-refractivity contribution >= 4 is 21.6 Å². The topological polar surface area (TPSA) is 33.1 Å². The molecule has 0 fully saturated rings. The molecule has 0 aliphatic rings. The third-order valence-electron chi connectivity index (χ3n) is 2.88. The third-order valence-corrected chi connectivity index (χ3v) is 3.90. The van der Waals surface area contributed by atoms with Gasteiger partial charge in [0.1, 0.15) is 5.75 Å². The highest BCUT2D eigenvalue weighted by molar-refractivity contribution is 7.18. The first-order valence-electron chi connectivity index (χ1n) is 5.85. The molecule has 0 saturated heterocycles. The molecule has 0 unspecified atom stereocenters. The van der Waals surface area contributed by atoms with Crippen LogP contribution in [0.3, 0.4) is 0 Å². The highest BCUT2D eigenvalue weighted by Crippen LogP contribution is 2.25. The van der Waals surface area contributed by atoms with Crippen molar-refractivity contribution in [3.05, 3.63) is 58.6 Å². The second kappa shape index (κ2) is 4.42. The maximum Gasteiger partial charge on any atom is 0.115 e. The van der Waals surface area contributed by atoms with Gasteiger partial charge in [-0.1, -0.05) is 18.2 Å². The number of aromatic nitrogens is 1. The van der Waals surface area contributed by atoms with Gasteiger partial charge in [-0.25, -0.2) is 4.98 Å². The Morgan fingerprint density at radius 3 is 2.67 bits per heavy atom. The van der Waals surface area contributed by atoms with Gasteiger partial charge in [0.15, 0.2) is 0 Å². The smallest absolute Gasteiger partial charge is 0.115 e. The molecule has 18 heavy (non-hydrogen) atoms. The lowest BCUT2D eigenvalue weighted by atomic mass is 10.1. The normalized spacial score (nSPS) is 10.9. The van der Waals surface area contributed by atoms with Crippen molar-refractivity contribution in [2.45, 2.75) is 13.3 Å². The summed E-state index contributed by atoms with van der Waals surface area (Å²) < 4.78 is 1.24. The summed E-state index contributed by atoms with van der Waals surface area (Å²) in [5.74, 6) is 0.304. The van der Waals surface area contributed by atoms with Crippen LogP contribution in [0, 0.1) is 6.92 Å². The SMILES string of the molecule is Cc1ccc2nc(Cc3ccc(O)cc3)sc2c1. The Hall–Kier alpha value is -1.87. The number of phenols is 1. The number of benzene rings is 2. The molecule has 1 aromatic heterocycles. The van der Waals surface area contributed by atoms with Crippen LogP contribution in [-0.4, -0.2) is 10.1 Å². The van der Waals surface area contributed by atoms with Crippen molar-refractivity contribution in [1.29, 1.82) is 0 Å². The molecule has 0 amide bonds. The van der Waals surface area contributed by atoms with Crippen molar-refractivity contribution in [1.82, 2.24) is 4.98 Å². The second-order valence-corrected chi connectivity index (χ2v) is 5.54.